The van der Waals surface area contributed by atoms with E-state index in [9.17, 15) is 0 Å². The number of hydrogen-bond acceptors (Lipinski definition) is 1. The summed E-state index contributed by atoms with van der Waals surface area (Å²) in [7, 11) is 0. The Balaban J connectivity index is 2.20. The van der Waals surface area contributed by atoms with Gasteiger partial charge in [0.05, 0.1) is 12.2 Å². The molecule has 0 bridgehead atoms. The van der Waals surface area contributed by atoms with E-state index >= 15 is 0 Å². The van der Waals surface area contributed by atoms with Crippen molar-refractivity contribution in [2.24, 2.45) is 11.8 Å². The molecule has 0 aromatic rings. The first-order valence-corrected chi connectivity index (χ1v) is 7.06. The van der Waals surface area contributed by atoms with Crippen molar-refractivity contribution in [1.29, 1.82) is 0 Å². The van der Waals surface area contributed by atoms with Crippen molar-refractivity contribution < 1.29 is 4.74 Å². The molecule has 0 radical (unpaired) electrons. The Labute approximate surface area is 100 Å². The van der Waals surface area contributed by atoms with E-state index in [2.05, 4.69) is 26.8 Å². The van der Waals surface area contributed by atoms with Gasteiger partial charge in [0.2, 0.25) is 0 Å². The first kappa shape index (κ1) is 12.2. The largest absolute Gasteiger partial charge is 0.370 e. The van der Waals surface area contributed by atoms with Crippen LogP contribution in [0.4, 0.5) is 0 Å². The van der Waals surface area contributed by atoms with Crippen LogP contribution in [0.3, 0.4) is 0 Å². The summed E-state index contributed by atoms with van der Waals surface area (Å²) in [5.41, 5.74) is 1.79. The predicted molar refractivity (Wildman–Crippen MR) is 68.5 cm³/mol. The zero-order valence-corrected chi connectivity index (χ0v) is 11.1. The molecule has 92 valence electrons. The van der Waals surface area contributed by atoms with E-state index < -0.39 is 0 Å². The highest BCUT2D eigenvalue weighted by Gasteiger charge is 2.44. The predicted octanol–water partition coefficient (Wildman–Crippen LogP) is 4.33. The molecule has 16 heavy (non-hydrogen) atoms. The minimum absolute atomic E-state index is 0.133. The Morgan fingerprint density at radius 2 is 2.00 bits per heavy atom. The summed E-state index contributed by atoms with van der Waals surface area (Å²) >= 11 is 0. The summed E-state index contributed by atoms with van der Waals surface area (Å²) in [5.74, 6) is 1.60. The Bertz CT molecular complexity index is 261. The third-order valence-corrected chi connectivity index (χ3v) is 4.26. The van der Waals surface area contributed by atoms with Gasteiger partial charge in [-0.2, -0.15) is 0 Å². The third kappa shape index (κ3) is 2.07. The SMILES string of the molecule is CCCC1(CCC)OCC2CC(C)CC=C21. The minimum atomic E-state index is 0.133. The van der Waals surface area contributed by atoms with Crippen molar-refractivity contribution in [3.05, 3.63) is 11.6 Å². The van der Waals surface area contributed by atoms with Crippen LogP contribution in [0.2, 0.25) is 0 Å². The zero-order valence-electron chi connectivity index (χ0n) is 11.1. The highest BCUT2D eigenvalue weighted by molar-refractivity contribution is 5.26. The van der Waals surface area contributed by atoms with Gasteiger partial charge < -0.3 is 4.74 Å². The zero-order chi connectivity index (χ0) is 11.6. The lowest BCUT2D eigenvalue weighted by Gasteiger charge is -2.33. The monoisotopic (exact) mass is 222 g/mol. The molecule has 0 aromatic heterocycles. The lowest BCUT2D eigenvalue weighted by molar-refractivity contribution is 0.00646. The third-order valence-electron chi connectivity index (χ3n) is 4.26. The van der Waals surface area contributed by atoms with E-state index in [4.69, 9.17) is 4.74 Å². The van der Waals surface area contributed by atoms with Gasteiger partial charge in [0.25, 0.3) is 0 Å². The van der Waals surface area contributed by atoms with Gasteiger partial charge in [0.1, 0.15) is 0 Å². The first-order chi connectivity index (χ1) is 7.72. The lowest BCUT2D eigenvalue weighted by Crippen LogP contribution is -2.31. The summed E-state index contributed by atoms with van der Waals surface area (Å²) in [6, 6.07) is 0. The van der Waals surface area contributed by atoms with Crippen LogP contribution in [-0.2, 0) is 4.74 Å². The maximum absolute atomic E-state index is 6.25. The Kier molecular flexibility index (Phi) is 3.73. The topological polar surface area (TPSA) is 9.23 Å². The van der Waals surface area contributed by atoms with E-state index in [1.165, 1.54) is 38.5 Å². The Morgan fingerprint density at radius 1 is 1.31 bits per heavy atom. The highest BCUT2D eigenvalue weighted by Crippen LogP contribution is 2.47. The van der Waals surface area contributed by atoms with Crippen molar-refractivity contribution in [2.75, 3.05) is 6.61 Å². The van der Waals surface area contributed by atoms with Crippen molar-refractivity contribution in [3.63, 3.8) is 0 Å². The second kappa shape index (κ2) is 4.91. The molecule has 2 rings (SSSR count). The van der Waals surface area contributed by atoms with Crippen LogP contribution in [0.25, 0.3) is 0 Å². The summed E-state index contributed by atoms with van der Waals surface area (Å²) in [6.45, 7) is 7.91. The molecule has 0 N–H and O–H groups in total. The standard InChI is InChI=1S/C15H26O/c1-4-8-15(9-5-2)14-7-6-12(3)10-13(14)11-16-15/h7,12-13H,4-6,8-11H2,1-3H3. The summed E-state index contributed by atoms with van der Waals surface area (Å²) in [5, 5.41) is 0. The summed E-state index contributed by atoms with van der Waals surface area (Å²) in [4.78, 5) is 0. The molecule has 0 amide bonds. The van der Waals surface area contributed by atoms with Gasteiger partial charge in [-0.1, -0.05) is 39.7 Å². The van der Waals surface area contributed by atoms with E-state index in [1.807, 2.05) is 0 Å². The minimum Gasteiger partial charge on any atom is -0.370 e. The number of fused-ring (bicyclic) bond motifs is 1. The van der Waals surface area contributed by atoms with E-state index in [0.717, 1.165) is 18.4 Å². The molecule has 2 unspecified atom stereocenters. The number of allylic oxidation sites excluding steroid dienone is 1. The van der Waals surface area contributed by atoms with Crippen molar-refractivity contribution in [1.82, 2.24) is 0 Å². The van der Waals surface area contributed by atoms with Gasteiger partial charge in [0, 0.05) is 5.92 Å². The molecular weight excluding hydrogens is 196 g/mol. The fourth-order valence-corrected chi connectivity index (χ4v) is 3.63. The Morgan fingerprint density at radius 3 is 2.62 bits per heavy atom. The van der Waals surface area contributed by atoms with E-state index in [1.54, 1.807) is 5.57 Å². The molecule has 1 nitrogen and oxygen atoms in total. The van der Waals surface area contributed by atoms with Gasteiger partial charge in [-0.05, 0) is 37.2 Å². The maximum Gasteiger partial charge on any atom is 0.0895 e. The average molecular weight is 222 g/mol. The molecular formula is C15H26O. The van der Waals surface area contributed by atoms with E-state index in [0.29, 0.717) is 0 Å². The van der Waals surface area contributed by atoms with E-state index in [-0.39, 0.29) is 5.60 Å². The van der Waals surface area contributed by atoms with Crippen LogP contribution < -0.4 is 0 Å². The fourth-order valence-electron chi connectivity index (χ4n) is 3.63. The smallest absolute Gasteiger partial charge is 0.0895 e. The maximum atomic E-state index is 6.25. The van der Waals surface area contributed by atoms with Crippen LogP contribution in [0.1, 0.15) is 59.3 Å². The average Bonchev–Trinajstić information content (AvgIpc) is 2.58. The molecule has 1 heteroatoms. The molecule has 1 heterocycles. The van der Waals surface area contributed by atoms with Crippen LogP contribution >= 0.6 is 0 Å². The van der Waals surface area contributed by atoms with Crippen LogP contribution in [0.15, 0.2) is 11.6 Å². The highest BCUT2D eigenvalue weighted by atomic mass is 16.5. The molecule has 0 aromatic carbocycles. The Hall–Kier alpha value is -0.300. The van der Waals surface area contributed by atoms with Crippen LogP contribution in [0.5, 0.6) is 0 Å². The number of rotatable bonds is 4. The van der Waals surface area contributed by atoms with Crippen LogP contribution in [-0.4, -0.2) is 12.2 Å². The molecule has 1 saturated heterocycles. The van der Waals surface area contributed by atoms with Crippen LogP contribution in [0, 0.1) is 11.8 Å². The second-order valence-electron chi connectivity index (χ2n) is 5.74. The molecule has 2 aliphatic rings. The molecule has 2 atom stereocenters. The molecule has 0 saturated carbocycles. The van der Waals surface area contributed by atoms with Gasteiger partial charge in [-0.15, -0.1) is 0 Å². The first-order valence-electron chi connectivity index (χ1n) is 7.06. The van der Waals surface area contributed by atoms with Crippen molar-refractivity contribution in [3.8, 4) is 0 Å². The molecule has 1 fully saturated rings. The normalized spacial score (nSPS) is 32.3. The van der Waals surface area contributed by atoms with Crippen molar-refractivity contribution in [2.45, 2.75) is 64.9 Å². The fraction of sp³-hybridized carbons (Fsp3) is 0.867. The molecule has 1 aliphatic carbocycles. The van der Waals surface area contributed by atoms with Gasteiger partial charge >= 0.3 is 0 Å². The number of ether oxygens (including phenoxy) is 1. The van der Waals surface area contributed by atoms with Gasteiger partial charge in [-0.3, -0.25) is 0 Å². The molecule has 1 aliphatic heterocycles. The van der Waals surface area contributed by atoms with Gasteiger partial charge in [-0.25, -0.2) is 0 Å². The lowest BCUT2D eigenvalue weighted by atomic mass is 9.74. The van der Waals surface area contributed by atoms with Gasteiger partial charge in [0.15, 0.2) is 0 Å². The summed E-state index contributed by atoms with van der Waals surface area (Å²) in [6.07, 6.45) is 10.0. The number of hydrogen-bond donors (Lipinski definition) is 0. The summed E-state index contributed by atoms with van der Waals surface area (Å²) < 4.78 is 6.25. The second-order valence-corrected chi connectivity index (χ2v) is 5.74. The molecule has 0 spiro atoms. The van der Waals surface area contributed by atoms with Crippen molar-refractivity contribution >= 4 is 0 Å². The quantitative estimate of drug-likeness (QED) is 0.643.